The summed E-state index contributed by atoms with van der Waals surface area (Å²) < 4.78 is 40.4. The number of hydrogen-bond acceptors (Lipinski definition) is 4. The Balaban J connectivity index is 2.88. The van der Waals surface area contributed by atoms with Gasteiger partial charge in [0.25, 0.3) is 0 Å². The maximum absolute atomic E-state index is 13.4. The van der Waals surface area contributed by atoms with Gasteiger partial charge in [-0.3, -0.25) is 5.32 Å². The summed E-state index contributed by atoms with van der Waals surface area (Å²) in [5.74, 6) is -1.38. The lowest BCUT2D eigenvalue weighted by Gasteiger charge is -2.19. The molecule has 0 saturated carbocycles. The molecule has 0 aliphatic heterocycles. The van der Waals surface area contributed by atoms with E-state index in [1.165, 1.54) is 12.1 Å². The third kappa shape index (κ3) is 6.21. The zero-order valence-corrected chi connectivity index (χ0v) is 12.8. The van der Waals surface area contributed by atoms with Crippen LogP contribution >= 0.6 is 10.7 Å². The molecule has 0 aliphatic carbocycles. The van der Waals surface area contributed by atoms with Crippen molar-refractivity contribution in [2.75, 3.05) is 5.32 Å². The lowest BCUT2D eigenvalue weighted by molar-refractivity contribution is 0.0636. The fourth-order valence-corrected chi connectivity index (χ4v) is 2.32. The van der Waals surface area contributed by atoms with Crippen molar-refractivity contribution in [3.63, 3.8) is 0 Å². The Bertz CT molecular complexity index is 610. The minimum absolute atomic E-state index is 0.131. The molecule has 8 heteroatoms. The maximum atomic E-state index is 13.4. The SMILES string of the molecule is CC(C)(C)OC(=O)Nc1ccc(F)c(CS(=O)(=O)Cl)c1. The average molecular weight is 324 g/mol. The van der Waals surface area contributed by atoms with E-state index in [9.17, 15) is 17.6 Å². The van der Waals surface area contributed by atoms with E-state index in [4.69, 9.17) is 15.4 Å². The number of rotatable bonds is 3. The number of benzene rings is 1. The summed E-state index contributed by atoms with van der Waals surface area (Å²) >= 11 is 0. The molecule has 0 aliphatic rings. The van der Waals surface area contributed by atoms with Gasteiger partial charge in [-0.05, 0) is 39.0 Å². The highest BCUT2D eigenvalue weighted by molar-refractivity contribution is 8.13. The number of carbonyl (C=O) groups is 1. The average Bonchev–Trinajstić information content (AvgIpc) is 2.18. The highest BCUT2D eigenvalue weighted by Crippen LogP contribution is 2.19. The molecule has 0 spiro atoms. The lowest BCUT2D eigenvalue weighted by Crippen LogP contribution is -2.27. The molecule has 1 rings (SSSR count). The van der Waals surface area contributed by atoms with Crippen LogP contribution in [0.5, 0.6) is 0 Å². The molecule has 0 bridgehead atoms. The normalized spacial score (nSPS) is 12.1. The van der Waals surface area contributed by atoms with Crippen LogP contribution in [-0.4, -0.2) is 20.1 Å². The minimum atomic E-state index is -3.89. The molecule has 0 unspecified atom stereocenters. The molecule has 0 atom stereocenters. The molecule has 0 saturated heterocycles. The molecule has 1 amide bonds. The fourth-order valence-electron chi connectivity index (χ4n) is 1.37. The number of halogens is 2. The van der Waals surface area contributed by atoms with Gasteiger partial charge in [-0.15, -0.1) is 0 Å². The van der Waals surface area contributed by atoms with Crippen molar-refractivity contribution in [1.29, 1.82) is 0 Å². The van der Waals surface area contributed by atoms with E-state index < -0.39 is 32.3 Å². The number of ether oxygens (including phenoxy) is 1. The van der Waals surface area contributed by atoms with Crippen molar-refractivity contribution in [2.45, 2.75) is 32.1 Å². The second-order valence-corrected chi connectivity index (χ2v) is 7.89. The second-order valence-electron chi connectivity index (χ2n) is 5.12. The van der Waals surface area contributed by atoms with E-state index in [0.717, 1.165) is 6.07 Å². The second kappa shape index (κ2) is 5.97. The molecule has 0 heterocycles. The summed E-state index contributed by atoms with van der Waals surface area (Å²) in [7, 11) is 1.19. The zero-order valence-electron chi connectivity index (χ0n) is 11.2. The van der Waals surface area contributed by atoms with Gasteiger partial charge in [-0.1, -0.05) is 0 Å². The van der Waals surface area contributed by atoms with Gasteiger partial charge in [0.1, 0.15) is 11.4 Å². The largest absolute Gasteiger partial charge is 0.444 e. The Morgan fingerprint density at radius 2 is 2.00 bits per heavy atom. The van der Waals surface area contributed by atoms with Gasteiger partial charge in [0.05, 0.1) is 5.75 Å². The monoisotopic (exact) mass is 323 g/mol. The van der Waals surface area contributed by atoms with Crippen LogP contribution in [0.15, 0.2) is 18.2 Å². The lowest BCUT2D eigenvalue weighted by atomic mass is 10.2. The van der Waals surface area contributed by atoms with E-state index in [0.29, 0.717) is 0 Å². The predicted octanol–water partition coefficient (Wildman–Crippen LogP) is 3.24. The predicted molar refractivity (Wildman–Crippen MR) is 74.7 cm³/mol. The van der Waals surface area contributed by atoms with Crippen molar-refractivity contribution in [3.05, 3.63) is 29.6 Å². The number of nitrogens with one attached hydrogen (secondary N) is 1. The van der Waals surface area contributed by atoms with E-state index in [1.54, 1.807) is 20.8 Å². The molecule has 1 aromatic carbocycles. The highest BCUT2D eigenvalue weighted by atomic mass is 35.7. The Hall–Kier alpha value is -1.34. The van der Waals surface area contributed by atoms with E-state index in [1.807, 2.05) is 0 Å². The van der Waals surface area contributed by atoms with Crippen LogP contribution in [0.2, 0.25) is 0 Å². The highest BCUT2D eigenvalue weighted by Gasteiger charge is 2.17. The van der Waals surface area contributed by atoms with Gasteiger partial charge in [0, 0.05) is 21.9 Å². The molecule has 20 heavy (non-hydrogen) atoms. The first-order valence-corrected chi connectivity index (χ1v) is 8.15. The minimum Gasteiger partial charge on any atom is -0.444 e. The Labute approximate surface area is 121 Å². The molecule has 1 aromatic rings. The molecule has 1 N–H and O–H groups in total. The summed E-state index contributed by atoms with van der Waals surface area (Å²) in [6, 6.07) is 3.53. The first-order valence-electron chi connectivity index (χ1n) is 5.67. The zero-order chi connectivity index (χ0) is 15.6. The summed E-state index contributed by atoms with van der Waals surface area (Å²) in [4.78, 5) is 11.5. The third-order valence-corrected chi connectivity index (χ3v) is 3.00. The van der Waals surface area contributed by atoms with Crippen LogP contribution in [0, 0.1) is 5.82 Å². The molecule has 0 aromatic heterocycles. The number of carbonyl (C=O) groups excluding carboxylic acids is 1. The maximum Gasteiger partial charge on any atom is 0.412 e. The summed E-state index contributed by atoms with van der Waals surface area (Å²) in [6.07, 6.45) is -0.719. The smallest absolute Gasteiger partial charge is 0.412 e. The van der Waals surface area contributed by atoms with Crippen molar-refractivity contribution < 1.29 is 22.3 Å². The van der Waals surface area contributed by atoms with Crippen molar-refractivity contribution >= 4 is 31.5 Å². The Morgan fingerprint density at radius 3 is 2.50 bits per heavy atom. The van der Waals surface area contributed by atoms with Gasteiger partial charge in [0.15, 0.2) is 0 Å². The van der Waals surface area contributed by atoms with Crippen molar-refractivity contribution in [1.82, 2.24) is 0 Å². The number of amides is 1. The van der Waals surface area contributed by atoms with Crippen LogP contribution in [0.3, 0.4) is 0 Å². The van der Waals surface area contributed by atoms with E-state index in [2.05, 4.69) is 5.32 Å². The third-order valence-electron chi connectivity index (χ3n) is 2.02. The quantitative estimate of drug-likeness (QED) is 0.867. The van der Waals surface area contributed by atoms with Crippen LogP contribution in [0.4, 0.5) is 14.9 Å². The van der Waals surface area contributed by atoms with Crippen LogP contribution in [0.1, 0.15) is 26.3 Å². The van der Waals surface area contributed by atoms with E-state index >= 15 is 0 Å². The summed E-state index contributed by atoms with van der Waals surface area (Å²) in [6.45, 7) is 5.09. The van der Waals surface area contributed by atoms with Crippen LogP contribution in [-0.2, 0) is 19.5 Å². The molecule has 5 nitrogen and oxygen atoms in total. The van der Waals surface area contributed by atoms with Crippen molar-refractivity contribution in [2.24, 2.45) is 0 Å². The molecule has 0 fully saturated rings. The summed E-state index contributed by atoms with van der Waals surface area (Å²) in [5.41, 5.74) is -0.587. The van der Waals surface area contributed by atoms with Crippen LogP contribution < -0.4 is 5.32 Å². The number of anilines is 1. The molecular formula is C12H15ClFNO4S. The fraction of sp³-hybridized carbons (Fsp3) is 0.417. The standard InChI is InChI=1S/C12H15ClFNO4S/c1-12(2,3)19-11(16)15-9-4-5-10(14)8(6-9)7-20(13,17)18/h4-6H,7H2,1-3H3,(H,15,16). The Kier molecular flexibility index (Phi) is 4.99. The first kappa shape index (κ1) is 16.7. The van der Waals surface area contributed by atoms with Gasteiger partial charge in [-0.25, -0.2) is 17.6 Å². The van der Waals surface area contributed by atoms with Gasteiger partial charge in [-0.2, -0.15) is 0 Å². The molecular weight excluding hydrogens is 309 g/mol. The first-order chi connectivity index (χ1) is 8.96. The molecule has 0 radical (unpaired) electrons. The van der Waals surface area contributed by atoms with E-state index in [-0.39, 0.29) is 11.3 Å². The molecule has 112 valence electrons. The topological polar surface area (TPSA) is 72.5 Å². The van der Waals surface area contributed by atoms with Crippen molar-refractivity contribution in [3.8, 4) is 0 Å². The Morgan fingerprint density at radius 1 is 1.40 bits per heavy atom. The summed E-state index contributed by atoms with van der Waals surface area (Å²) in [5, 5.41) is 2.39. The van der Waals surface area contributed by atoms with Gasteiger partial charge >= 0.3 is 6.09 Å². The van der Waals surface area contributed by atoms with Gasteiger partial charge < -0.3 is 4.74 Å². The number of hydrogen-bond donors (Lipinski definition) is 1. The van der Waals surface area contributed by atoms with Crippen LogP contribution in [0.25, 0.3) is 0 Å². The van der Waals surface area contributed by atoms with Gasteiger partial charge in [0.2, 0.25) is 9.05 Å².